The predicted molar refractivity (Wildman–Crippen MR) is 82.7 cm³/mol. The molecule has 0 saturated carbocycles. The van der Waals surface area contributed by atoms with Crippen molar-refractivity contribution in [2.75, 3.05) is 5.75 Å². The molecular weight excluding hydrogens is 378 g/mol. The zero-order valence-electron chi connectivity index (χ0n) is 9.81. The number of aromatic nitrogens is 2. The summed E-state index contributed by atoms with van der Waals surface area (Å²) in [6.07, 6.45) is 1.78. The van der Waals surface area contributed by atoms with E-state index in [9.17, 15) is 0 Å². The van der Waals surface area contributed by atoms with E-state index in [0.717, 1.165) is 20.4 Å². The molecule has 2 rings (SSSR count). The first kappa shape index (κ1) is 14.1. The standard InChI is InChI=1S/C12H13Br2N3S/c1-17-12(9(14)6-16-17)10(15)7-18-11-5-3-2-4-8(11)13/h2-6,10H,7,15H2,1H3. The molecule has 1 aromatic carbocycles. The Kier molecular flexibility index (Phi) is 4.89. The number of nitrogens with zero attached hydrogens (tertiary/aromatic N) is 2. The zero-order chi connectivity index (χ0) is 13.1. The highest BCUT2D eigenvalue weighted by Gasteiger charge is 2.15. The largest absolute Gasteiger partial charge is 0.322 e. The second-order valence-corrected chi connectivity index (χ2v) is 6.62. The Morgan fingerprint density at radius 2 is 2.06 bits per heavy atom. The predicted octanol–water partition coefficient (Wildman–Crippen LogP) is 3.74. The molecule has 0 bridgehead atoms. The molecule has 0 radical (unpaired) electrons. The van der Waals surface area contributed by atoms with Crippen LogP contribution in [0.2, 0.25) is 0 Å². The Labute approximate surface area is 127 Å². The molecule has 1 aromatic heterocycles. The van der Waals surface area contributed by atoms with Crippen molar-refractivity contribution < 1.29 is 0 Å². The normalized spacial score (nSPS) is 12.7. The fraction of sp³-hybridized carbons (Fsp3) is 0.250. The Balaban J connectivity index is 2.05. The fourth-order valence-corrected chi connectivity index (χ4v) is 3.83. The van der Waals surface area contributed by atoms with Crippen molar-refractivity contribution in [1.82, 2.24) is 9.78 Å². The van der Waals surface area contributed by atoms with E-state index in [0.29, 0.717) is 0 Å². The number of hydrogen-bond acceptors (Lipinski definition) is 3. The second kappa shape index (κ2) is 6.23. The summed E-state index contributed by atoms with van der Waals surface area (Å²) < 4.78 is 3.88. The van der Waals surface area contributed by atoms with Gasteiger partial charge in [-0.2, -0.15) is 5.10 Å². The first-order chi connectivity index (χ1) is 8.59. The molecule has 18 heavy (non-hydrogen) atoms. The molecule has 0 aliphatic carbocycles. The molecule has 0 amide bonds. The van der Waals surface area contributed by atoms with Gasteiger partial charge in [0.2, 0.25) is 0 Å². The van der Waals surface area contributed by atoms with Crippen LogP contribution in [0.5, 0.6) is 0 Å². The third-order valence-electron chi connectivity index (χ3n) is 2.54. The van der Waals surface area contributed by atoms with E-state index in [4.69, 9.17) is 5.73 Å². The van der Waals surface area contributed by atoms with Crippen molar-refractivity contribution in [1.29, 1.82) is 0 Å². The summed E-state index contributed by atoms with van der Waals surface area (Å²) in [5.41, 5.74) is 7.23. The van der Waals surface area contributed by atoms with Gasteiger partial charge in [0, 0.05) is 22.2 Å². The molecule has 2 N–H and O–H groups in total. The van der Waals surface area contributed by atoms with Crippen molar-refractivity contribution >= 4 is 43.6 Å². The van der Waals surface area contributed by atoms with E-state index in [1.54, 1.807) is 18.0 Å². The van der Waals surface area contributed by atoms with Crippen molar-refractivity contribution in [3.05, 3.63) is 45.1 Å². The average molecular weight is 391 g/mol. The molecule has 0 aliphatic heterocycles. The van der Waals surface area contributed by atoms with Gasteiger partial charge in [-0.3, -0.25) is 4.68 Å². The Morgan fingerprint density at radius 3 is 2.67 bits per heavy atom. The van der Waals surface area contributed by atoms with Crippen LogP contribution in [0.4, 0.5) is 0 Å². The van der Waals surface area contributed by atoms with Gasteiger partial charge in [-0.15, -0.1) is 11.8 Å². The lowest BCUT2D eigenvalue weighted by atomic mass is 10.2. The van der Waals surface area contributed by atoms with Crippen molar-refractivity contribution in [3.8, 4) is 0 Å². The lowest BCUT2D eigenvalue weighted by Crippen LogP contribution is -2.17. The average Bonchev–Trinajstić information content (AvgIpc) is 2.68. The summed E-state index contributed by atoms with van der Waals surface area (Å²) in [6, 6.07) is 8.10. The summed E-state index contributed by atoms with van der Waals surface area (Å²) in [5.74, 6) is 0.806. The first-order valence-electron chi connectivity index (χ1n) is 5.40. The molecule has 1 heterocycles. The second-order valence-electron chi connectivity index (χ2n) is 3.85. The maximum absolute atomic E-state index is 6.21. The highest BCUT2D eigenvalue weighted by molar-refractivity contribution is 9.10. The lowest BCUT2D eigenvalue weighted by Gasteiger charge is -2.13. The maximum atomic E-state index is 6.21. The first-order valence-corrected chi connectivity index (χ1v) is 7.97. The van der Waals surface area contributed by atoms with Gasteiger partial charge in [-0.25, -0.2) is 0 Å². The third kappa shape index (κ3) is 3.17. The van der Waals surface area contributed by atoms with Gasteiger partial charge < -0.3 is 5.73 Å². The quantitative estimate of drug-likeness (QED) is 0.808. The monoisotopic (exact) mass is 389 g/mol. The van der Waals surface area contributed by atoms with Crippen LogP contribution >= 0.6 is 43.6 Å². The summed E-state index contributed by atoms with van der Waals surface area (Å²) in [6.45, 7) is 0. The van der Waals surface area contributed by atoms with Gasteiger partial charge in [0.15, 0.2) is 0 Å². The van der Waals surface area contributed by atoms with Crippen molar-refractivity contribution in [3.63, 3.8) is 0 Å². The van der Waals surface area contributed by atoms with Gasteiger partial charge in [0.05, 0.1) is 22.4 Å². The molecule has 96 valence electrons. The topological polar surface area (TPSA) is 43.8 Å². The van der Waals surface area contributed by atoms with E-state index >= 15 is 0 Å². The minimum absolute atomic E-state index is 0.0519. The number of aryl methyl sites for hydroxylation is 1. The maximum Gasteiger partial charge on any atom is 0.0698 e. The van der Waals surface area contributed by atoms with Gasteiger partial charge in [-0.05, 0) is 44.0 Å². The van der Waals surface area contributed by atoms with E-state index in [-0.39, 0.29) is 6.04 Å². The zero-order valence-corrected chi connectivity index (χ0v) is 13.8. The molecule has 0 fully saturated rings. The molecule has 2 aromatic rings. The van der Waals surface area contributed by atoms with Crippen LogP contribution in [-0.2, 0) is 7.05 Å². The van der Waals surface area contributed by atoms with Gasteiger partial charge >= 0.3 is 0 Å². The number of nitrogens with two attached hydrogens (primary N) is 1. The minimum atomic E-state index is -0.0519. The van der Waals surface area contributed by atoms with Crippen LogP contribution in [0.25, 0.3) is 0 Å². The Morgan fingerprint density at radius 1 is 1.33 bits per heavy atom. The van der Waals surface area contributed by atoms with Crippen LogP contribution in [-0.4, -0.2) is 15.5 Å². The molecular formula is C12H13Br2N3S. The summed E-state index contributed by atoms with van der Waals surface area (Å²) in [4.78, 5) is 1.20. The molecule has 6 heteroatoms. The van der Waals surface area contributed by atoms with Gasteiger partial charge in [-0.1, -0.05) is 12.1 Å². The summed E-state index contributed by atoms with van der Waals surface area (Å²) in [5, 5.41) is 4.18. The van der Waals surface area contributed by atoms with Gasteiger partial charge in [0.25, 0.3) is 0 Å². The van der Waals surface area contributed by atoms with E-state index < -0.39 is 0 Å². The van der Waals surface area contributed by atoms with E-state index in [1.165, 1.54) is 4.90 Å². The molecule has 0 aliphatic rings. The van der Waals surface area contributed by atoms with E-state index in [1.807, 2.05) is 29.9 Å². The molecule has 1 unspecified atom stereocenters. The van der Waals surface area contributed by atoms with Crippen molar-refractivity contribution in [2.24, 2.45) is 12.8 Å². The summed E-state index contributed by atoms with van der Waals surface area (Å²) in [7, 11) is 1.91. The Hall–Kier alpha value is -0.300. The molecule has 0 spiro atoms. The molecule has 1 atom stereocenters. The van der Waals surface area contributed by atoms with Crippen LogP contribution < -0.4 is 5.73 Å². The van der Waals surface area contributed by atoms with Crippen LogP contribution in [0, 0.1) is 0 Å². The number of thioether (sulfide) groups is 1. The highest BCUT2D eigenvalue weighted by atomic mass is 79.9. The van der Waals surface area contributed by atoms with Crippen LogP contribution in [0.1, 0.15) is 11.7 Å². The minimum Gasteiger partial charge on any atom is -0.322 e. The molecule has 3 nitrogen and oxygen atoms in total. The highest BCUT2D eigenvalue weighted by Crippen LogP contribution is 2.31. The van der Waals surface area contributed by atoms with Crippen molar-refractivity contribution in [2.45, 2.75) is 10.9 Å². The van der Waals surface area contributed by atoms with E-state index in [2.05, 4.69) is 43.0 Å². The number of halogens is 2. The smallest absolute Gasteiger partial charge is 0.0698 e. The SMILES string of the molecule is Cn1ncc(Br)c1C(N)CSc1ccccc1Br. The number of rotatable bonds is 4. The fourth-order valence-electron chi connectivity index (χ4n) is 1.66. The van der Waals surface area contributed by atoms with Gasteiger partial charge in [0.1, 0.15) is 0 Å². The van der Waals surface area contributed by atoms with Crippen LogP contribution in [0.15, 0.2) is 44.3 Å². The number of hydrogen-bond donors (Lipinski definition) is 1. The third-order valence-corrected chi connectivity index (χ3v) is 5.30. The van der Waals surface area contributed by atoms with Crippen LogP contribution in [0.3, 0.4) is 0 Å². The summed E-state index contributed by atoms with van der Waals surface area (Å²) >= 11 is 8.75. The Bertz CT molecular complexity index is 522. The lowest BCUT2D eigenvalue weighted by molar-refractivity contribution is 0.657. The number of benzene rings is 1. The molecule has 0 saturated heterocycles.